The number of hydrogen-bond donors (Lipinski definition) is 2. The van der Waals surface area contributed by atoms with E-state index in [1.54, 1.807) is 11.3 Å². The molecule has 2 N–H and O–H groups in total. The Morgan fingerprint density at radius 3 is 2.81 bits per heavy atom. The molecule has 0 aromatic carbocycles. The molecule has 1 aromatic heterocycles. The molecule has 0 saturated heterocycles. The van der Waals surface area contributed by atoms with E-state index in [0.717, 1.165) is 17.3 Å². The van der Waals surface area contributed by atoms with Gasteiger partial charge in [-0.25, -0.2) is 0 Å². The van der Waals surface area contributed by atoms with Crippen molar-refractivity contribution in [1.29, 1.82) is 0 Å². The smallest absolute Gasteiger partial charge is 0.101 e. The largest absolute Gasteiger partial charge is 0.386 e. The van der Waals surface area contributed by atoms with Gasteiger partial charge in [-0.2, -0.15) is 0 Å². The molecule has 0 spiro atoms. The molecule has 0 saturated carbocycles. The summed E-state index contributed by atoms with van der Waals surface area (Å²) in [7, 11) is 0. The Morgan fingerprint density at radius 1 is 1.38 bits per heavy atom. The number of hydrogen-bond acceptors (Lipinski definition) is 3. The molecule has 1 unspecified atom stereocenters. The Morgan fingerprint density at radius 2 is 2.19 bits per heavy atom. The number of aliphatic hydroxyl groups excluding tert-OH is 1. The van der Waals surface area contributed by atoms with Gasteiger partial charge in [-0.1, -0.05) is 32.8 Å². The first-order valence-electron chi connectivity index (χ1n) is 6.12. The number of nitrogens with one attached hydrogen (secondary N) is 1. The predicted molar refractivity (Wildman–Crippen MR) is 70.8 cm³/mol. The summed E-state index contributed by atoms with van der Waals surface area (Å²) in [6.07, 6.45) is 3.44. The molecule has 1 atom stereocenters. The zero-order chi connectivity index (χ0) is 11.8. The van der Waals surface area contributed by atoms with Crippen molar-refractivity contribution >= 4 is 11.3 Å². The first-order valence-corrected chi connectivity index (χ1v) is 7.00. The van der Waals surface area contributed by atoms with E-state index in [4.69, 9.17) is 0 Å². The Hall–Kier alpha value is -0.380. The molecule has 92 valence electrons. The third kappa shape index (κ3) is 5.64. The van der Waals surface area contributed by atoms with Gasteiger partial charge in [0.2, 0.25) is 0 Å². The minimum atomic E-state index is -0.343. The van der Waals surface area contributed by atoms with Crippen LogP contribution in [-0.2, 0) is 0 Å². The van der Waals surface area contributed by atoms with E-state index in [2.05, 4.69) is 19.2 Å². The molecule has 0 fully saturated rings. The van der Waals surface area contributed by atoms with Crippen LogP contribution in [0.2, 0.25) is 0 Å². The zero-order valence-electron chi connectivity index (χ0n) is 10.3. The van der Waals surface area contributed by atoms with E-state index < -0.39 is 0 Å². The highest BCUT2D eigenvalue weighted by Crippen LogP contribution is 2.17. The summed E-state index contributed by atoms with van der Waals surface area (Å²) in [5.74, 6) is 0.803. The molecule has 16 heavy (non-hydrogen) atoms. The van der Waals surface area contributed by atoms with Gasteiger partial charge in [-0.3, -0.25) is 0 Å². The fraction of sp³-hybridized carbons (Fsp3) is 0.692. The monoisotopic (exact) mass is 241 g/mol. The first kappa shape index (κ1) is 13.7. The maximum atomic E-state index is 9.80. The van der Waals surface area contributed by atoms with Crippen molar-refractivity contribution in [2.75, 3.05) is 13.1 Å². The SMILES string of the molecule is CC(C)CCCCNCC(O)c1cccs1. The average Bonchev–Trinajstić information content (AvgIpc) is 2.75. The van der Waals surface area contributed by atoms with E-state index >= 15 is 0 Å². The maximum Gasteiger partial charge on any atom is 0.101 e. The van der Waals surface area contributed by atoms with Gasteiger partial charge in [0.25, 0.3) is 0 Å². The first-order chi connectivity index (χ1) is 7.70. The summed E-state index contributed by atoms with van der Waals surface area (Å²) in [5.41, 5.74) is 0. The van der Waals surface area contributed by atoms with E-state index in [1.165, 1.54) is 19.3 Å². The molecule has 1 rings (SSSR count). The number of rotatable bonds is 8. The van der Waals surface area contributed by atoms with Crippen molar-refractivity contribution in [3.63, 3.8) is 0 Å². The van der Waals surface area contributed by atoms with Crippen LogP contribution < -0.4 is 5.32 Å². The summed E-state index contributed by atoms with van der Waals surface area (Å²) in [4.78, 5) is 1.05. The summed E-state index contributed by atoms with van der Waals surface area (Å²) >= 11 is 1.61. The highest BCUT2D eigenvalue weighted by molar-refractivity contribution is 7.10. The number of unbranched alkanes of at least 4 members (excludes halogenated alkanes) is 1. The standard InChI is InChI=1S/C13H23NOS/c1-11(2)6-3-4-8-14-10-12(15)13-7-5-9-16-13/h5,7,9,11-12,14-15H,3-4,6,8,10H2,1-2H3. The maximum absolute atomic E-state index is 9.80. The highest BCUT2D eigenvalue weighted by atomic mass is 32.1. The molecule has 0 amide bonds. The third-order valence-electron chi connectivity index (χ3n) is 2.59. The Labute approximate surface area is 103 Å². The third-order valence-corrected chi connectivity index (χ3v) is 3.57. The van der Waals surface area contributed by atoms with Crippen molar-refractivity contribution in [3.05, 3.63) is 22.4 Å². The van der Waals surface area contributed by atoms with Gasteiger partial charge in [-0.05, 0) is 30.3 Å². The van der Waals surface area contributed by atoms with Crippen LogP contribution in [0.1, 0.15) is 44.1 Å². The van der Waals surface area contributed by atoms with E-state index in [1.807, 2.05) is 17.5 Å². The van der Waals surface area contributed by atoms with Crippen LogP contribution in [0.25, 0.3) is 0 Å². The van der Waals surface area contributed by atoms with Crippen LogP contribution in [0.15, 0.2) is 17.5 Å². The fourth-order valence-electron chi connectivity index (χ4n) is 1.62. The van der Waals surface area contributed by atoms with Crippen molar-refractivity contribution in [1.82, 2.24) is 5.32 Å². The highest BCUT2D eigenvalue weighted by Gasteiger charge is 2.06. The second kappa shape index (κ2) is 7.82. The van der Waals surface area contributed by atoms with Crippen molar-refractivity contribution in [2.24, 2.45) is 5.92 Å². The Balaban J connectivity index is 1.99. The molecule has 1 heterocycles. The predicted octanol–water partition coefficient (Wildman–Crippen LogP) is 3.20. The van der Waals surface area contributed by atoms with Gasteiger partial charge < -0.3 is 10.4 Å². The van der Waals surface area contributed by atoms with Crippen LogP contribution in [0.5, 0.6) is 0 Å². The molecule has 0 radical (unpaired) electrons. The van der Waals surface area contributed by atoms with Gasteiger partial charge in [0.1, 0.15) is 6.10 Å². The van der Waals surface area contributed by atoms with Gasteiger partial charge in [-0.15, -0.1) is 11.3 Å². The van der Waals surface area contributed by atoms with Crippen molar-refractivity contribution in [3.8, 4) is 0 Å². The molecule has 1 aromatic rings. The molecular formula is C13H23NOS. The lowest BCUT2D eigenvalue weighted by molar-refractivity contribution is 0.178. The van der Waals surface area contributed by atoms with Gasteiger partial charge in [0.15, 0.2) is 0 Å². The quantitative estimate of drug-likeness (QED) is 0.685. The number of aliphatic hydroxyl groups is 1. The minimum absolute atomic E-state index is 0.343. The topological polar surface area (TPSA) is 32.3 Å². The Kier molecular flexibility index (Phi) is 6.69. The van der Waals surface area contributed by atoms with E-state index in [-0.39, 0.29) is 6.10 Å². The molecule has 3 heteroatoms. The molecule has 0 aliphatic heterocycles. The second-order valence-electron chi connectivity index (χ2n) is 4.62. The lowest BCUT2D eigenvalue weighted by Crippen LogP contribution is -2.22. The lowest BCUT2D eigenvalue weighted by Gasteiger charge is -2.10. The summed E-state index contributed by atoms with van der Waals surface area (Å²) < 4.78 is 0. The van der Waals surface area contributed by atoms with Crippen LogP contribution in [-0.4, -0.2) is 18.2 Å². The van der Waals surface area contributed by atoms with Crippen LogP contribution >= 0.6 is 11.3 Å². The van der Waals surface area contributed by atoms with Crippen LogP contribution in [0.4, 0.5) is 0 Å². The van der Waals surface area contributed by atoms with E-state index in [9.17, 15) is 5.11 Å². The van der Waals surface area contributed by atoms with Crippen LogP contribution in [0, 0.1) is 5.92 Å². The van der Waals surface area contributed by atoms with Gasteiger partial charge in [0, 0.05) is 11.4 Å². The molecular weight excluding hydrogens is 218 g/mol. The minimum Gasteiger partial charge on any atom is -0.386 e. The van der Waals surface area contributed by atoms with E-state index in [0.29, 0.717) is 6.54 Å². The fourth-order valence-corrected chi connectivity index (χ4v) is 2.33. The van der Waals surface area contributed by atoms with Gasteiger partial charge in [0.05, 0.1) is 0 Å². The summed E-state index contributed by atoms with van der Waals surface area (Å²) in [6, 6.07) is 3.96. The second-order valence-corrected chi connectivity index (χ2v) is 5.60. The molecule has 2 nitrogen and oxygen atoms in total. The zero-order valence-corrected chi connectivity index (χ0v) is 11.1. The Bertz CT molecular complexity index is 259. The van der Waals surface area contributed by atoms with Crippen molar-refractivity contribution < 1.29 is 5.11 Å². The average molecular weight is 241 g/mol. The van der Waals surface area contributed by atoms with Crippen LogP contribution in [0.3, 0.4) is 0 Å². The number of thiophene rings is 1. The van der Waals surface area contributed by atoms with Gasteiger partial charge >= 0.3 is 0 Å². The summed E-state index contributed by atoms with van der Waals surface area (Å²) in [5, 5.41) is 15.1. The lowest BCUT2D eigenvalue weighted by atomic mass is 10.1. The molecule has 0 aliphatic carbocycles. The normalized spacial score (nSPS) is 13.2. The summed E-state index contributed by atoms with van der Waals surface area (Å²) in [6.45, 7) is 6.19. The van der Waals surface area contributed by atoms with Crippen molar-refractivity contribution in [2.45, 2.75) is 39.2 Å². The molecule has 0 aliphatic rings. The molecule has 0 bridgehead atoms.